The highest BCUT2D eigenvalue weighted by molar-refractivity contribution is 5.04. The Morgan fingerprint density at radius 3 is 2.43 bits per heavy atom. The molecule has 80 valence electrons. The molecular formula is C12H20O2. The highest BCUT2D eigenvalue weighted by Crippen LogP contribution is 2.61. The molecule has 14 heavy (non-hydrogen) atoms. The van der Waals surface area contributed by atoms with Gasteiger partial charge in [-0.25, -0.2) is 0 Å². The van der Waals surface area contributed by atoms with E-state index in [1.54, 1.807) is 0 Å². The van der Waals surface area contributed by atoms with Crippen molar-refractivity contribution in [2.45, 2.75) is 25.7 Å². The van der Waals surface area contributed by atoms with Crippen molar-refractivity contribution in [3.8, 4) is 0 Å². The first-order valence-electron chi connectivity index (χ1n) is 6.07. The molecule has 3 fully saturated rings. The Balaban J connectivity index is 1.84. The lowest BCUT2D eigenvalue weighted by Crippen LogP contribution is -2.27. The van der Waals surface area contributed by atoms with Crippen LogP contribution in [0.15, 0.2) is 0 Å². The highest BCUT2D eigenvalue weighted by Gasteiger charge is 2.55. The zero-order chi connectivity index (χ0) is 9.71. The molecule has 3 rings (SSSR count). The zero-order valence-corrected chi connectivity index (χ0v) is 8.60. The highest BCUT2D eigenvalue weighted by atomic mass is 16.3. The van der Waals surface area contributed by atoms with Gasteiger partial charge in [0.05, 0.1) is 0 Å². The molecule has 0 aromatic carbocycles. The summed E-state index contributed by atoms with van der Waals surface area (Å²) in [4.78, 5) is 0. The first-order valence-corrected chi connectivity index (χ1v) is 6.07. The van der Waals surface area contributed by atoms with Gasteiger partial charge in [-0.1, -0.05) is 0 Å². The van der Waals surface area contributed by atoms with Crippen molar-refractivity contribution in [1.29, 1.82) is 0 Å². The molecule has 3 saturated carbocycles. The summed E-state index contributed by atoms with van der Waals surface area (Å²) in [5.74, 6) is 4.26. The summed E-state index contributed by atoms with van der Waals surface area (Å²) >= 11 is 0. The van der Waals surface area contributed by atoms with E-state index in [0.717, 1.165) is 23.7 Å². The quantitative estimate of drug-likeness (QED) is 0.698. The average Bonchev–Trinajstić information content (AvgIpc) is 2.87. The van der Waals surface area contributed by atoms with Gasteiger partial charge in [-0.05, 0) is 61.2 Å². The molecule has 2 N–H and O–H groups in total. The third-order valence-corrected chi connectivity index (χ3v) is 5.28. The fourth-order valence-electron chi connectivity index (χ4n) is 4.79. The molecule has 3 aliphatic rings. The number of hydrogen-bond donors (Lipinski definition) is 2. The van der Waals surface area contributed by atoms with Crippen LogP contribution in [0.25, 0.3) is 0 Å². The minimum absolute atomic E-state index is 0.289. The van der Waals surface area contributed by atoms with Crippen molar-refractivity contribution >= 4 is 0 Å². The van der Waals surface area contributed by atoms with E-state index in [1.807, 2.05) is 0 Å². The number of aliphatic hydroxyl groups is 2. The second-order valence-corrected chi connectivity index (χ2v) is 5.60. The Morgan fingerprint density at radius 1 is 0.929 bits per heavy atom. The summed E-state index contributed by atoms with van der Waals surface area (Å²) in [6, 6.07) is 0. The lowest BCUT2D eigenvalue weighted by molar-refractivity contribution is 0.0967. The van der Waals surface area contributed by atoms with Crippen LogP contribution in [-0.2, 0) is 0 Å². The van der Waals surface area contributed by atoms with Gasteiger partial charge >= 0.3 is 0 Å². The van der Waals surface area contributed by atoms with Gasteiger partial charge in [-0.3, -0.25) is 0 Å². The van der Waals surface area contributed by atoms with Crippen molar-refractivity contribution in [1.82, 2.24) is 0 Å². The molecule has 2 nitrogen and oxygen atoms in total. The summed E-state index contributed by atoms with van der Waals surface area (Å²) in [7, 11) is 0. The van der Waals surface area contributed by atoms with Crippen molar-refractivity contribution in [2.24, 2.45) is 35.5 Å². The molecule has 0 unspecified atom stereocenters. The largest absolute Gasteiger partial charge is 0.396 e. The summed E-state index contributed by atoms with van der Waals surface area (Å²) in [5, 5.41) is 18.7. The van der Waals surface area contributed by atoms with Crippen LogP contribution >= 0.6 is 0 Å². The van der Waals surface area contributed by atoms with E-state index in [1.165, 1.54) is 25.7 Å². The van der Waals surface area contributed by atoms with Crippen LogP contribution < -0.4 is 0 Å². The normalized spacial score (nSPS) is 55.3. The molecule has 0 amide bonds. The molecule has 0 spiro atoms. The second-order valence-electron chi connectivity index (χ2n) is 5.60. The molecule has 0 saturated heterocycles. The van der Waals surface area contributed by atoms with Crippen molar-refractivity contribution < 1.29 is 10.2 Å². The van der Waals surface area contributed by atoms with Gasteiger partial charge < -0.3 is 10.2 Å². The molecule has 0 heterocycles. The molecule has 2 bridgehead atoms. The Morgan fingerprint density at radius 2 is 1.71 bits per heavy atom. The van der Waals surface area contributed by atoms with Crippen LogP contribution in [0.5, 0.6) is 0 Å². The van der Waals surface area contributed by atoms with Gasteiger partial charge in [0.15, 0.2) is 0 Å². The van der Waals surface area contributed by atoms with E-state index < -0.39 is 0 Å². The lowest BCUT2D eigenvalue weighted by atomic mass is 9.77. The molecule has 3 aliphatic carbocycles. The molecular weight excluding hydrogens is 176 g/mol. The van der Waals surface area contributed by atoms with Crippen LogP contribution in [0.1, 0.15) is 25.7 Å². The van der Waals surface area contributed by atoms with E-state index in [9.17, 15) is 10.2 Å². The molecule has 6 atom stereocenters. The van der Waals surface area contributed by atoms with E-state index in [-0.39, 0.29) is 6.61 Å². The smallest absolute Gasteiger partial charge is 0.0465 e. The fourth-order valence-corrected chi connectivity index (χ4v) is 4.79. The van der Waals surface area contributed by atoms with Crippen molar-refractivity contribution in [3.05, 3.63) is 0 Å². The molecule has 0 aromatic rings. The Bertz CT molecular complexity index is 228. The number of rotatable bonds is 2. The van der Waals surface area contributed by atoms with Gasteiger partial charge in [-0.15, -0.1) is 0 Å². The van der Waals surface area contributed by atoms with Crippen LogP contribution in [0.3, 0.4) is 0 Å². The van der Waals surface area contributed by atoms with E-state index in [4.69, 9.17) is 0 Å². The SMILES string of the molecule is OC[C@@H]1C[C@@H]2[C@H]3CC[C@@H](C3)[C@@H]2[C@H]1CO. The number of hydrogen-bond acceptors (Lipinski definition) is 2. The number of aliphatic hydroxyl groups excluding tert-OH is 2. The average molecular weight is 196 g/mol. The van der Waals surface area contributed by atoms with Gasteiger partial charge in [0.2, 0.25) is 0 Å². The van der Waals surface area contributed by atoms with Gasteiger partial charge in [0.25, 0.3) is 0 Å². The maximum atomic E-state index is 9.43. The van der Waals surface area contributed by atoms with Crippen LogP contribution in [-0.4, -0.2) is 23.4 Å². The fraction of sp³-hybridized carbons (Fsp3) is 1.00. The first-order chi connectivity index (χ1) is 6.85. The molecule has 2 heteroatoms. The predicted molar refractivity (Wildman–Crippen MR) is 53.6 cm³/mol. The van der Waals surface area contributed by atoms with Crippen LogP contribution in [0.4, 0.5) is 0 Å². The minimum atomic E-state index is 0.289. The maximum absolute atomic E-state index is 9.43. The standard InChI is InChI=1S/C12H20O2/c13-5-9-4-10-7-1-2-8(3-7)12(10)11(9)6-14/h7-14H,1-6H2/t7-,8-,9-,10+,11-,12-/m0/s1. The second kappa shape index (κ2) is 3.21. The van der Waals surface area contributed by atoms with Gasteiger partial charge in [-0.2, -0.15) is 0 Å². The van der Waals surface area contributed by atoms with Gasteiger partial charge in [0, 0.05) is 13.2 Å². The van der Waals surface area contributed by atoms with E-state index in [2.05, 4.69) is 0 Å². The molecule has 0 aliphatic heterocycles. The first kappa shape index (κ1) is 9.17. The molecule has 0 radical (unpaired) electrons. The van der Waals surface area contributed by atoms with Crippen molar-refractivity contribution in [3.63, 3.8) is 0 Å². The van der Waals surface area contributed by atoms with Crippen molar-refractivity contribution in [2.75, 3.05) is 13.2 Å². The Hall–Kier alpha value is -0.0800. The number of fused-ring (bicyclic) bond motifs is 5. The minimum Gasteiger partial charge on any atom is -0.396 e. The molecule has 0 aromatic heterocycles. The maximum Gasteiger partial charge on any atom is 0.0465 e. The Labute approximate surface area is 85.3 Å². The predicted octanol–water partition coefficient (Wildman–Crippen LogP) is 1.27. The summed E-state index contributed by atoms with van der Waals surface area (Å²) < 4.78 is 0. The Kier molecular flexibility index (Phi) is 2.10. The topological polar surface area (TPSA) is 40.5 Å². The van der Waals surface area contributed by atoms with Gasteiger partial charge in [0.1, 0.15) is 0 Å². The van der Waals surface area contributed by atoms with E-state index >= 15 is 0 Å². The van der Waals surface area contributed by atoms with Crippen LogP contribution in [0, 0.1) is 35.5 Å². The summed E-state index contributed by atoms with van der Waals surface area (Å²) in [5.41, 5.74) is 0. The summed E-state index contributed by atoms with van der Waals surface area (Å²) in [6.07, 6.45) is 5.42. The van der Waals surface area contributed by atoms with Crippen LogP contribution in [0.2, 0.25) is 0 Å². The third-order valence-electron chi connectivity index (χ3n) is 5.28. The monoisotopic (exact) mass is 196 g/mol. The lowest BCUT2D eigenvalue weighted by Gasteiger charge is -2.28. The third kappa shape index (κ3) is 1.04. The zero-order valence-electron chi connectivity index (χ0n) is 8.60. The summed E-state index contributed by atoms with van der Waals surface area (Å²) in [6.45, 7) is 0.591. The van der Waals surface area contributed by atoms with E-state index in [0.29, 0.717) is 18.4 Å².